The van der Waals surface area contributed by atoms with Gasteiger partial charge in [-0.15, -0.1) is 0 Å². The minimum atomic E-state index is -0.508. The SMILES string of the molecule is COC(=O)Cn1cc(C(=O)c2ccc(OC)cc2)c(=O)c2ccc(C)nc21. The van der Waals surface area contributed by atoms with Crippen LogP contribution in [-0.2, 0) is 16.1 Å². The summed E-state index contributed by atoms with van der Waals surface area (Å²) in [6, 6.07) is 9.76. The van der Waals surface area contributed by atoms with Crippen molar-refractivity contribution in [2.75, 3.05) is 14.2 Å². The number of esters is 1. The number of rotatable bonds is 5. The highest BCUT2D eigenvalue weighted by Crippen LogP contribution is 2.16. The molecule has 0 amide bonds. The summed E-state index contributed by atoms with van der Waals surface area (Å²) in [5, 5.41) is 0.267. The lowest BCUT2D eigenvalue weighted by Crippen LogP contribution is -2.23. The van der Waals surface area contributed by atoms with Crippen molar-refractivity contribution in [3.8, 4) is 5.75 Å². The number of carbonyl (C=O) groups excluding carboxylic acids is 2. The van der Waals surface area contributed by atoms with Gasteiger partial charge >= 0.3 is 5.97 Å². The Kier molecular flexibility index (Phi) is 5.03. The molecular formula is C20H18N2O5. The molecule has 0 saturated heterocycles. The largest absolute Gasteiger partial charge is 0.497 e. The van der Waals surface area contributed by atoms with E-state index in [1.54, 1.807) is 43.3 Å². The fourth-order valence-electron chi connectivity index (χ4n) is 2.74. The number of ether oxygens (including phenoxy) is 2. The number of benzene rings is 1. The minimum absolute atomic E-state index is 0.0396. The van der Waals surface area contributed by atoms with E-state index in [-0.39, 0.29) is 17.5 Å². The van der Waals surface area contributed by atoms with Gasteiger partial charge in [-0.05, 0) is 43.3 Å². The van der Waals surface area contributed by atoms with Crippen molar-refractivity contribution in [1.82, 2.24) is 9.55 Å². The summed E-state index contributed by atoms with van der Waals surface area (Å²) in [5.74, 6) is -0.345. The number of pyridine rings is 2. The number of hydrogen-bond donors (Lipinski definition) is 0. The van der Waals surface area contributed by atoms with Crippen molar-refractivity contribution in [3.05, 3.63) is 69.6 Å². The quantitative estimate of drug-likeness (QED) is 0.508. The van der Waals surface area contributed by atoms with Crippen LogP contribution in [0.25, 0.3) is 11.0 Å². The van der Waals surface area contributed by atoms with E-state index in [1.165, 1.54) is 25.0 Å². The Hall–Kier alpha value is -3.48. The molecule has 2 aromatic heterocycles. The highest BCUT2D eigenvalue weighted by atomic mass is 16.5. The lowest BCUT2D eigenvalue weighted by molar-refractivity contribution is -0.141. The zero-order valence-corrected chi connectivity index (χ0v) is 15.2. The van der Waals surface area contributed by atoms with Crippen LogP contribution in [0.15, 0.2) is 47.4 Å². The summed E-state index contributed by atoms with van der Waals surface area (Å²) in [5.41, 5.74) is 0.894. The molecule has 0 aliphatic rings. The summed E-state index contributed by atoms with van der Waals surface area (Å²) in [6.07, 6.45) is 1.36. The highest BCUT2D eigenvalue weighted by molar-refractivity contribution is 6.10. The molecule has 3 rings (SSSR count). The summed E-state index contributed by atoms with van der Waals surface area (Å²) in [4.78, 5) is 41.9. The van der Waals surface area contributed by atoms with E-state index in [0.29, 0.717) is 22.7 Å². The van der Waals surface area contributed by atoms with Gasteiger partial charge in [-0.3, -0.25) is 14.4 Å². The molecule has 0 spiro atoms. The Balaban J connectivity index is 2.18. The Morgan fingerprint density at radius 2 is 1.78 bits per heavy atom. The molecule has 0 saturated carbocycles. The third-order valence-electron chi connectivity index (χ3n) is 4.18. The van der Waals surface area contributed by atoms with Gasteiger partial charge in [0.1, 0.15) is 17.9 Å². The van der Waals surface area contributed by atoms with Crippen molar-refractivity contribution in [2.24, 2.45) is 0 Å². The molecule has 0 atom stereocenters. The van der Waals surface area contributed by atoms with Gasteiger partial charge in [0.15, 0.2) is 5.78 Å². The smallest absolute Gasteiger partial charge is 0.325 e. The highest BCUT2D eigenvalue weighted by Gasteiger charge is 2.19. The number of methoxy groups -OCH3 is 2. The van der Waals surface area contributed by atoms with Gasteiger partial charge in [-0.25, -0.2) is 4.98 Å². The standard InChI is InChI=1S/C20H18N2O5/c1-12-4-9-15-19(25)16(10-22(20(15)21-12)11-17(23)27-3)18(24)13-5-7-14(26-2)8-6-13/h4-10H,11H2,1-3H3. The molecule has 0 aliphatic carbocycles. The number of hydrogen-bond acceptors (Lipinski definition) is 6. The van der Waals surface area contributed by atoms with E-state index >= 15 is 0 Å². The van der Waals surface area contributed by atoms with Crippen molar-refractivity contribution in [2.45, 2.75) is 13.5 Å². The summed E-state index contributed by atoms with van der Waals surface area (Å²) >= 11 is 0. The average molecular weight is 366 g/mol. The summed E-state index contributed by atoms with van der Waals surface area (Å²) < 4.78 is 11.3. The van der Waals surface area contributed by atoms with Gasteiger partial charge in [0, 0.05) is 17.5 Å². The molecule has 0 bridgehead atoms. The molecule has 0 fully saturated rings. The van der Waals surface area contributed by atoms with Crippen LogP contribution in [-0.4, -0.2) is 35.5 Å². The third-order valence-corrected chi connectivity index (χ3v) is 4.18. The molecule has 1 aromatic carbocycles. The van der Waals surface area contributed by atoms with Crippen LogP contribution < -0.4 is 10.2 Å². The second kappa shape index (κ2) is 7.41. The Morgan fingerprint density at radius 1 is 1.07 bits per heavy atom. The van der Waals surface area contributed by atoms with Gasteiger partial charge in [-0.1, -0.05) is 0 Å². The van der Waals surface area contributed by atoms with Crippen LogP contribution in [0, 0.1) is 6.92 Å². The van der Waals surface area contributed by atoms with E-state index in [1.807, 2.05) is 0 Å². The van der Waals surface area contributed by atoms with Gasteiger partial charge in [-0.2, -0.15) is 0 Å². The van der Waals surface area contributed by atoms with Crippen LogP contribution >= 0.6 is 0 Å². The fourth-order valence-corrected chi connectivity index (χ4v) is 2.74. The summed E-state index contributed by atoms with van der Waals surface area (Å²) in [6.45, 7) is 1.62. The van der Waals surface area contributed by atoms with Crippen molar-refractivity contribution >= 4 is 22.8 Å². The monoisotopic (exact) mass is 366 g/mol. The van der Waals surface area contributed by atoms with Gasteiger partial charge in [0.2, 0.25) is 5.43 Å². The Labute approximate surface area is 155 Å². The van der Waals surface area contributed by atoms with Gasteiger partial charge in [0.05, 0.1) is 25.2 Å². The third kappa shape index (κ3) is 3.57. The summed E-state index contributed by atoms with van der Waals surface area (Å²) in [7, 11) is 2.80. The maximum atomic E-state index is 12.9. The topological polar surface area (TPSA) is 87.5 Å². The molecule has 27 heavy (non-hydrogen) atoms. The predicted molar refractivity (Wildman–Crippen MR) is 99.2 cm³/mol. The first-order chi connectivity index (χ1) is 12.9. The van der Waals surface area contributed by atoms with E-state index in [0.717, 1.165) is 0 Å². The van der Waals surface area contributed by atoms with Crippen molar-refractivity contribution < 1.29 is 19.1 Å². The zero-order chi connectivity index (χ0) is 19.6. The van der Waals surface area contributed by atoms with E-state index in [4.69, 9.17) is 9.47 Å². The Morgan fingerprint density at radius 3 is 2.41 bits per heavy atom. The first kappa shape index (κ1) is 18.3. The molecule has 0 aliphatic heterocycles. The average Bonchev–Trinajstić information content (AvgIpc) is 2.69. The number of nitrogens with zero attached hydrogens (tertiary/aromatic N) is 2. The van der Waals surface area contributed by atoms with Crippen LogP contribution in [0.4, 0.5) is 0 Å². The maximum absolute atomic E-state index is 12.9. The molecule has 138 valence electrons. The molecule has 7 nitrogen and oxygen atoms in total. The molecule has 3 aromatic rings. The van der Waals surface area contributed by atoms with Crippen LogP contribution in [0.5, 0.6) is 5.75 Å². The van der Waals surface area contributed by atoms with Gasteiger partial charge in [0.25, 0.3) is 0 Å². The van der Waals surface area contributed by atoms with Crippen LogP contribution in [0.2, 0.25) is 0 Å². The number of carbonyl (C=O) groups is 2. The number of aryl methyl sites for hydroxylation is 1. The molecule has 2 heterocycles. The number of ketones is 1. The molecule has 0 radical (unpaired) electrons. The van der Waals surface area contributed by atoms with E-state index < -0.39 is 17.2 Å². The normalized spacial score (nSPS) is 10.6. The van der Waals surface area contributed by atoms with Crippen molar-refractivity contribution in [3.63, 3.8) is 0 Å². The lowest BCUT2D eigenvalue weighted by Gasteiger charge is -2.12. The predicted octanol–water partition coefficient (Wildman–Crippen LogP) is 2.12. The van der Waals surface area contributed by atoms with E-state index in [9.17, 15) is 14.4 Å². The minimum Gasteiger partial charge on any atom is -0.497 e. The second-order valence-electron chi connectivity index (χ2n) is 5.96. The number of aromatic nitrogens is 2. The maximum Gasteiger partial charge on any atom is 0.325 e. The number of fused-ring (bicyclic) bond motifs is 1. The van der Waals surface area contributed by atoms with Crippen LogP contribution in [0.3, 0.4) is 0 Å². The first-order valence-corrected chi connectivity index (χ1v) is 8.21. The Bertz CT molecular complexity index is 1080. The molecule has 0 unspecified atom stereocenters. The molecule has 0 N–H and O–H groups in total. The van der Waals surface area contributed by atoms with E-state index in [2.05, 4.69) is 4.98 Å². The fraction of sp³-hybridized carbons (Fsp3) is 0.200. The molecule has 7 heteroatoms. The lowest BCUT2D eigenvalue weighted by atomic mass is 10.0. The zero-order valence-electron chi connectivity index (χ0n) is 15.2. The first-order valence-electron chi connectivity index (χ1n) is 8.21. The van der Waals surface area contributed by atoms with Crippen LogP contribution in [0.1, 0.15) is 21.6 Å². The molecular weight excluding hydrogens is 348 g/mol. The van der Waals surface area contributed by atoms with Crippen molar-refractivity contribution in [1.29, 1.82) is 0 Å². The van der Waals surface area contributed by atoms with Gasteiger partial charge < -0.3 is 14.0 Å². The second-order valence-corrected chi connectivity index (χ2v) is 5.96.